The fourth-order valence-electron chi connectivity index (χ4n) is 1.81. The predicted molar refractivity (Wildman–Crippen MR) is 75.2 cm³/mol. The summed E-state index contributed by atoms with van der Waals surface area (Å²) in [6, 6.07) is 8.16. The first-order valence-corrected chi connectivity index (χ1v) is 6.12. The molecule has 0 spiro atoms. The summed E-state index contributed by atoms with van der Waals surface area (Å²) in [5, 5.41) is 8.98. The fourth-order valence-corrected chi connectivity index (χ4v) is 1.81. The van der Waals surface area contributed by atoms with Crippen LogP contribution in [0.25, 0.3) is 0 Å². The number of hydrogen-bond donors (Lipinski definition) is 0. The predicted octanol–water partition coefficient (Wildman–Crippen LogP) is 3.34. The van der Waals surface area contributed by atoms with E-state index in [0.29, 0.717) is 0 Å². The van der Waals surface area contributed by atoms with E-state index in [1.54, 1.807) is 7.11 Å². The van der Waals surface area contributed by atoms with Crippen LogP contribution in [0.4, 0.5) is 5.69 Å². The van der Waals surface area contributed by atoms with Gasteiger partial charge in [-0.3, -0.25) is 0 Å². The Morgan fingerprint density at radius 3 is 2.39 bits per heavy atom. The number of benzene rings is 1. The summed E-state index contributed by atoms with van der Waals surface area (Å²) in [7, 11) is 3.62. The Bertz CT molecular complexity index is 455. The molecule has 0 bridgehead atoms. The van der Waals surface area contributed by atoms with Crippen LogP contribution in [0.3, 0.4) is 0 Å². The summed E-state index contributed by atoms with van der Waals surface area (Å²) in [6.07, 6.45) is 0. The minimum Gasteiger partial charge on any atom is -0.496 e. The van der Waals surface area contributed by atoms with Crippen LogP contribution in [0.2, 0.25) is 0 Å². The summed E-state index contributed by atoms with van der Waals surface area (Å²) >= 11 is 0. The summed E-state index contributed by atoms with van der Waals surface area (Å²) in [5.41, 5.74) is 2.20. The highest BCUT2D eigenvalue weighted by Gasteiger charge is 2.20. The van der Waals surface area contributed by atoms with E-state index in [1.165, 1.54) is 0 Å². The Hall–Kier alpha value is -1.69. The van der Waals surface area contributed by atoms with Gasteiger partial charge in [-0.15, -0.1) is 0 Å². The fraction of sp³-hybridized carbons (Fsp3) is 0.533. The first-order chi connectivity index (χ1) is 8.31. The lowest BCUT2D eigenvalue weighted by atomic mass is 9.86. The van der Waals surface area contributed by atoms with Gasteiger partial charge < -0.3 is 9.64 Å². The lowest BCUT2D eigenvalue weighted by Crippen LogP contribution is -2.27. The number of ether oxygens (including phenoxy) is 1. The Morgan fingerprint density at radius 1 is 1.33 bits per heavy atom. The molecule has 0 saturated carbocycles. The zero-order valence-corrected chi connectivity index (χ0v) is 12.1. The molecule has 0 N–H and O–H groups in total. The monoisotopic (exact) mass is 246 g/mol. The number of rotatable bonds is 3. The maximum absolute atomic E-state index is 8.98. The van der Waals surface area contributed by atoms with Crippen LogP contribution in [-0.2, 0) is 5.41 Å². The smallest absolute Gasteiger partial charge is 0.122 e. The van der Waals surface area contributed by atoms with E-state index in [2.05, 4.69) is 32.9 Å². The molecule has 0 amide bonds. The van der Waals surface area contributed by atoms with E-state index >= 15 is 0 Å². The molecule has 1 atom stereocenters. The van der Waals surface area contributed by atoms with Crippen molar-refractivity contribution in [3.63, 3.8) is 0 Å². The maximum Gasteiger partial charge on any atom is 0.122 e. The molecular weight excluding hydrogens is 224 g/mol. The summed E-state index contributed by atoms with van der Waals surface area (Å²) in [4.78, 5) is 1.97. The molecule has 0 aliphatic carbocycles. The molecule has 0 heterocycles. The standard InChI is InChI=1S/C15H22N2O/c1-11(10-16)17(5)12-7-8-14(18-6)13(9-12)15(2,3)4/h7-9,11H,1-6H3. The Kier molecular flexibility index (Phi) is 4.24. The van der Waals surface area contributed by atoms with Crippen LogP contribution >= 0.6 is 0 Å². The molecule has 0 fully saturated rings. The number of nitriles is 1. The van der Waals surface area contributed by atoms with Crippen LogP contribution in [-0.4, -0.2) is 20.2 Å². The molecule has 1 aromatic rings. The van der Waals surface area contributed by atoms with E-state index in [4.69, 9.17) is 10.00 Å². The van der Waals surface area contributed by atoms with Crippen molar-refractivity contribution in [2.75, 3.05) is 19.1 Å². The van der Waals surface area contributed by atoms with Gasteiger partial charge in [-0.1, -0.05) is 20.8 Å². The Morgan fingerprint density at radius 2 is 1.94 bits per heavy atom. The van der Waals surface area contributed by atoms with E-state index in [-0.39, 0.29) is 11.5 Å². The molecule has 18 heavy (non-hydrogen) atoms. The summed E-state index contributed by atoms with van der Waals surface area (Å²) in [5.74, 6) is 0.893. The Balaban J connectivity index is 3.24. The number of hydrogen-bond acceptors (Lipinski definition) is 3. The van der Waals surface area contributed by atoms with Crippen molar-refractivity contribution in [1.29, 1.82) is 5.26 Å². The SMILES string of the molecule is COc1ccc(N(C)C(C)C#N)cc1C(C)(C)C. The molecule has 1 unspecified atom stereocenters. The first-order valence-electron chi connectivity index (χ1n) is 6.12. The van der Waals surface area contributed by atoms with Crippen molar-refractivity contribution >= 4 is 5.69 Å². The molecule has 3 nitrogen and oxygen atoms in total. The second-order valence-electron chi connectivity index (χ2n) is 5.55. The van der Waals surface area contributed by atoms with Gasteiger partial charge in [-0.05, 0) is 30.5 Å². The topological polar surface area (TPSA) is 36.3 Å². The third-order valence-corrected chi connectivity index (χ3v) is 3.17. The first kappa shape index (κ1) is 14.4. The molecule has 0 saturated heterocycles. The zero-order valence-electron chi connectivity index (χ0n) is 12.1. The van der Waals surface area contributed by atoms with Crippen molar-refractivity contribution in [2.24, 2.45) is 0 Å². The average Bonchev–Trinajstić information content (AvgIpc) is 2.35. The number of nitrogens with zero attached hydrogens (tertiary/aromatic N) is 2. The van der Waals surface area contributed by atoms with Crippen molar-refractivity contribution in [2.45, 2.75) is 39.2 Å². The molecule has 0 aliphatic rings. The number of anilines is 1. The third kappa shape index (κ3) is 2.95. The highest BCUT2D eigenvalue weighted by atomic mass is 16.5. The molecule has 0 aromatic heterocycles. The zero-order chi connectivity index (χ0) is 13.9. The normalized spacial score (nSPS) is 12.7. The van der Waals surface area contributed by atoms with Gasteiger partial charge in [0.2, 0.25) is 0 Å². The van der Waals surface area contributed by atoms with Crippen LogP contribution in [0.5, 0.6) is 5.75 Å². The van der Waals surface area contributed by atoms with Crippen molar-refractivity contribution < 1.29 is 4.74 Å². The highest BCUT2D eigenvalue weighted by molar-refractivity contribution is 5.55. The molecule has 0 aliphatic heterocycles. The number of methoxy groups -OCH3 is 1. The average molecular weight is 246 g/mol. The minimum atomic E-state index is -0.147. The molecule has 0 radical (unpaired) electrons. The van der Waals surface area contributed by atoms with Gasteiger partial charge in [-0.25, -0.2) is 0 Å². The molecule has 1 aromatic carbocycles. The third-order valence-electron chi connectivity index (χ3n) is 3.17. The summed E-state index contributed by atoms with van der Waals surface area (Å²) < 4.78 is 5.41. The maximum atomic E-state index is 8.98. The van der Waals surface area contributed by atoms with E-state index in [0.717, 1.165) is 17.0 Å². The molecular formula is C15H22N2O. The van der Waals surface area contributed by atoms with Gasteiger partial charge in [0.25, 0.3) is 0 Å². The van der Waals surface area contributed by atoms with Crippen molar-refractivity contribution in [3.05, 3.63) is 23.8 Å². The minimum absolute atomic E-state index is 0.0120. The second kappa shape index (κ2) is 5.30. The van der Waals surface area contributed by atoms with E-state index < -0.39 is 0 Å². The van der Waals surface area contributed by atoms with Gasteiger partial charge >= 0.3 is 0 Å². The summed E-state index contributed by atoms with van der Waals surface area (Å²) in [6.45, 7) is 8.36. The van der Waals surface area contributed by atoms with Gasteiger partial charge in [-0.2, -0.15) is 5.26 Å². The van der Waals surface area contributed by atoms with E-state index in [1.807, 2.05) is 31.0 Å². The van der Waals surface area contributed by atoms with Gasteiger partial charge in [0.1, 0.15) is 11.8 Å². The van der Waals surface area contributed by atoms with Gasteiger partial charge in [0.15, 0.2) is 0 Å². The van der Waals surface area contributed by atoms with Crippen LogP contribution in [0.15, 0.2) is 18.2 Å². The molecule has 3 heteroatoms. The van der Waals surface area contributed by atoms with Crippen LogP contribution in [0, 0.1) is 11.3 Å². The lowest BCUT2D eigenvalue weighted by Gasteiger charge is -2.27. The van der Waals surface area contributed by atoms with Crippen molar-refractivity contribution in [3.8, 4) is 11.8 Å². The molecule has 1 rings (SSSR count). The molecule has 98 valence electrons. The lowest BCUT2D eigenvalue weighted by molar-refractivity contribution is 0.397. The van der Waals surface area contributed by atoms with Crippen molar-refractivity contribution in [1.82, 2.24) is 0 Å². The quantitative estimate of drug-likeness (QED) is 0.820. The highest BCUT2D eigenvalue weighted by Crippen LogP contribution is 2.34. The van der Waals surface area contributed by atoms with Gasteiger partial charge in [0.05, 0.1) is 13.2 Å². The second-order valence-corrected chi connectivity index (χ2v) is 5.55. The largest absolute Gasteiger partial charge is 0.496 e. The van der Waals surface area contributed by atoms with Gasteiger partial charge in [0, 0.05) is 18.3 Å². The van der Waals surface area contributed by atoms with Crippen LogP contribution in [0.1, 0.15) is 33.3 Å². The Labute approximate surface area is 110 Å². The van der Waals surface area contributed by atoms with E-state index in [9.17, 15) is 0 Å². The van der Waals surface area contributed by atoms with Crippen LogP contribution < -0.4 is 9.64 Å².